The predicted molar refractivity (Wildman–Crippen MR) is 153 cm³/mol. The van der Waals surface area contributed by atoms with E-state index < -0.39 is 35.8 Å². The summed E-state index contributed by atoms with van der Waals surface area (Å²) >= 11 is 0. The number of ether oxygens (including phenoxy) is 1. The molecule has 1 fully saturated rings. The average molecular weight is 566 g/mol. The summed E-state index contributed by atoms with van der Waals surface area (Å²) in [5, 5.41) is 21.4. The molecule has 0 spiro atoms. The normalized spacial score (nSPS) is 22.2. The molecule has 4 bridgehead atoms. The number of nitrogens with one attached hydrogen (secondary N) is 4. The minimum Gasteiger partial charge on any atom is -0.507 e. The van der Waals surface area contributed by atoms with Crippen molar-refractivity contribution in [3.63, 3.8) is 0 Å². The number of benzene rings is 2. The van der Waals surface area contributed by atoms with E-state index in [0.717, 1.165) is 38.0 Å². The molecule has 3 atom stereocenters. The molecule has 2 aromatic carbocycles. The van der Waals surface area contributed by atoms with Crippen LogP contribution in [0, 0.1) is 5.92 Å². The molecule has 5 N–H and O–H groups in total. The van der Waals surface area contributed by atoms with Crippen LogP contribution in [0.15, 0.2) is 42.5 Å². The molecule has 11 nitrogen and oxygen atoms in total. The Bertz CT molecular complexity index is 1260. The number of phenolic OH excluding ortho intramolecular Hbond substituents is 1. The molecule has 2 aromatic rings. The van der Waals surface area contributed by atoms with Crippen molar-refractivity contribution in [2.75, 3.05) is 26.2 Å². The largest absolute Gasteiger partial charge is 0.507 e. The summed E-state index contributed by atoms with van der Waals surface area (Å²) in [5.74, 6) is -1.85. The monoisotopic (exact) mass is 565 g/mol. The second-order valence-corrected chi connectivity index (χ2v) is 11.0. The fourth-order valence-electron chi connectivity index (χ4n) is 4.92. The lowest BCUT2D eigenvalue weighted by Gasteiger charge is -2.25. The Morgan fingerprint density at radius 3 is 2.37 bits per heavy atom. The standard InChI is InChI=1S/C30H39N5O6/c1-18(2)26-30(40)32-19(3)27(37)33-24(29(39)31-12-15-35-13-4-5-14-35)16-20-6-8-21(9-7-20)41-22-10-11-25(36)23(17-22)28(38)34-26/h6-11,17-19,24,26,36H,4-5,12-16H2,1-3H3,(H,31,39)(H,32,40)(H,33,37)(H,34,38)/t19-,24-,26-/m0/s1. The first kappa shape index (κ1) is 29.9. The van der Waals surface area contributed by atoms with Gasteiger partial charge in [0.25, 0.3) is 5.91 Å². The Labute approximate surface area is 240 Å². The third-order valence-corrected chi connectivity index (χ3v) is 7.36. The van der Waals surface area contributed by atoms with Crippen molar-refractivity contribution in [2.24, 2.45) is 5.92 Å². The van der Waals surface area contributed by atoms with Crippen LogP contribution in [0.3, 0.4) is 0 Å². The highest BCUT2D eigenvalue weighted by Gasteiger charge is 2.30. The quantitative estimate of drug-likeness (QED) is 0.347. The zero-order valence-electron chi connectivity index (χ0n) is 23.7. The molecule has 0 saturated carbocycles. The molecule has 3 aliphatic rings. The van der Waals surface area contributed by atoms with E-state index in [1.54, 1.807) is 38.1 Å². The van der Waals surface area contributed by atoms with Gasteiger partial charge in [0.15, 0.2) is 0 Å². The number of carbonyl (C=O) groups excluding carboxylic acids is 4. The lowest BCUT2D eigenvalue weighted by molar-refractivity contribution is -0.132. The van der Waals surface area contributed by atoms with Gasteiger partial charge >= 0.3 is 0 Å². The molecule has 5 rings (SSSR count). The second-order valence-electron chi connectivity index (χ2n) is 11.0. The number of likely N-dealkylation sites (tertiary alicyclic amines) is 1. The van der Waals surface area contributed by atoms with Gasteiger partial charge in [-0.15, -0.1) is 0 Å². The first-order valence-electron chi connectivity index (χ1n) is 14.1. The number of phenols is 1. The lowest BCUT2D eigenvalue weighted by atomic mass is 10.0. The van der Waals surface area contributed by atoms with Crippen LogP contribution in [0.1, 0.15) is 49.5 Å². The second kappa shape index (κ2) is 13.5. The van der Waals surface area contributed by atoms with Crippen LogP contribution in [-0.4, -0.2) is 77.9 Å². The van der Waals surface area contributed by atoms with Crippen molar-refractivity contribution in [1.82, 2.24) is 26.2 Å². The van der Waals surface area contributed by atoms with Crippen molar-refractivity contribution in [1.29, 1.82) is 0 Å². The highest BCUT2D eigenvalue weighted by atomic mass is 16.5. The summed E-state index contributed by atoms with van der Waals surface area (Å²) in [4.78, 5) is 54.9. The molecule has 1 saturated heterocycles. The SMILES string of the molecule is CC(C)[C@@H]1NC(=O)c2cc(ccc2O)Oc2ccc(cc2)C[C@@H](C(=O)NCCN2CCCC2)NC(=O)[C@H](C)NC1=O. The average Bonchev–Trinajstić information content (AvgIpc) is 3.46. The number of fused-ring (bicyclic) bond motifs is 11. The molecule has 0 aromatic heterocycles. The molecule has 11 heteroatoms. The van der Waals surface area contributed by atoms with Crippen LogP contribution in [-0.2, 0) is 20.8 Å². The first-order chi connectivity index (χ1) is 19.6. The number of hydrogen-bond donors (Lipinski definition) is 5. The molecule has 0 unspecified atom stereocenters. The van der Waals surface area contributed by atoms with Crippen molar-refractivity contribution in [3.05, 3.63) is 53.6 Å². The maximum absolute atomic E-state index is 13.2. The molecule has 4 amide bonds. The van der Waals surface area contributed by atoms with Gasteiger partial charge in [-0.1, -0.05) is 26.0 Å². The molecule has 0 aliphatic carbocycles. The summed E-state index contributed by atoms with van der Waals surface area (Å²) in [7, 11) is 0. The summed E-state index contributed by atoms with van der Waals surface area (Å²) in [6.07, 6.45) is 2.55. The highest BCUT2D eigenvalue weighted by Crippen LogP contribution is 2.28. The third kappa shape index (κ3) is 7.97. The number of rotatable bonds is 5. The van der Waals surface area contributed by atoms with E-state index in [9.17, 15) is 24.3 Å². The zero-order valence-corrected chi connectivity index (χ0v) is 23.7. The maximum atomic E-state index is 13.2. The Kier molecular flexibility index (Phi) is 9.82. The number of aromatic hydroxyl groups is 1. The van der Waals surface area contributed by atoms with E-state index in [1.807, 2.05) is 0 Å². The molecular formula is C30H39N5O6. The van der Waals surface area contributed by atoms with Gasteiger partial charge in [0, 0.05) is 19.5 Å². The Morgan fingerprint density at radius 1 is 1.00 bits per heavy atom. The summed E-state index contributed by atoms with van der Waals surface area (Å²) in [6.45, 7) is 8.28. The minimum atomic E-state index is -0.989. The summed E-state index contributed by atoms with van der Waals surface area (Å²) in [6, 6.07) is 8.49. The van der Waals surface area contributed by atoms with Gasteiger partial charge in [0.2, 0.25) is 17.7 Å². The van der Waals surface area contributed by atoms with E-state index in [1.165, 1.54) is 25.1 Å². The molecule has 220 valence electrons. The minimum absolute atomic E-state index is 0.0527. The van der Waals surface area contributed by atoms with Crippen molar-refractivity contribution in [3.8, 4) is 17.2 Å². The van der Waals surface area contributed by atoms with Crippen LogP contribution >= 0.6 is 0 Å². The molecule has 41 heavy (non-hydrogen) atoms. The third-order valence-electron chi connectivity index (χ3n) is 7.36. The van der Waals surface area contributed by atoms with Gasteiger partial charge < -0.3 is 36.0 Å². The van der Waals surface area contributed by atoms with Crippen LogP contribution in [0.2, 0.25) is 0 Å². The van der Waals surface area contributed by atoms with Gasteiger partial charge in [-0.25, -0.2) is 0 Å². The van der Waals surface area contributed by atoms with Gasteiger partial charge in [0.1, 0.15) is 35.4 Å². The number of carbonyl (C=O) groups is 4. The van der Waals surface area contributed by atoms with Gasteiger partial charge in [-0.3, -0.25) is 19.2 Å². The molecule has 0 radical (unpaired) electrons. The molecule has 3 heterocycles. The van der Waals surface area contributed by atoms with Crippen molar-refractivity contribution >= 4 is 23.6 Å². The highest BCUT2D eigenvalue weighted by molar-refractivity contribution is 6.00. The van der Waals surface area contributed by atoms with E-state index in [4.69, 9.17) is 4.74 Å². The van der Waals surface area contributed by atoms with E-state index in [-0.39, 0.29) is 29.6 Å². The number of amides is 4. The van der Waals surface area contributed by atoms with E-state index >= 15 is 0 Å². The van der Waals surface area contributed by atoms with Gasteiger partial charge in [-0.05, 0) is 74.7 Å². The number of nitrogens with zero attached hydrogens (tertiary/aromatic N) is 1. The topological polar surface area (TPSA) is 149 Å². The Morgan fingerprint density at radius 2 is 1.68 bits per heavy atom. The fraction of sp³-hybridized carbons (Fsp3) is 0.467. The lowest BCUT2D eigenvalue weighted by Crippen LogP contribution is -2.57. The Balaban J connectivity index is 1.59. The van der Waals surface area contributed by atoms with Crippen LogP contribution in [0.4, 0.5) is 0 Å². The van der Waals surface area contributed by atoms with Crippen molar-refractivity contribution in [2.45, 2.75) is 58.2 Å². The predicted octanol–water partition coefficient (Wildman–Crippen LogP) is 1.70. The summed E-state index contributed by atoms with van der Waals surface area (Å²) in [5.41, 5.74) is 0.740. The van der Waals surface area contributed by atoms with Gasteiger partial charge in [0.05, 0.1) is 5.56 Å². The first-order valence-corrected chi connectivity index (χ1v) is 14.1. The van der Waals surface area contributed by atoms with Crippen LogP contribution in [0.5, 0.6) is 17.2 Å². The van der Waals surface area contributed by atoms with Crippen molar-refractivity contribution < 1.29 is 29.0 Å². The van der Waals surface area contributed by atoms with Crippen LogP contribution in [0.25, 0.3) is 0 Å². The van der Waals surface area contributed by atoms with E-state index in [2.05, 4.69) is 26.2 Å². The maximum Gasteiger partial charge on any atom is 0.255 e. The molecule has 3 aliphatic heterocycles. The van der Waals surface area contributed by atoms with E-state index in [0.29, 0.717) is 18.0 Å². The van der Waals surface area contributed by atoms with Crippen LogP contribution < -0.4 is 26.0 Å². The van der Waals surface area contributed by atoms with Gasteiger partial charge in [-0.2, -0.15) is 0 Å². The fourth-order valence-corrected chi connectivity index (χ4v) is 4.92. The summed E-state index contributed by atoms with van der Waals surface area (Å²) < 4.78 is 5.90. The molecular weight excluding hydrogens is 526 g/mol. The zero-order chi connectivity index (χ0) is 29.5. The number of hydrogen-bond acceptors (Lipinski definition) is 7. The smallest absolute Gasteiger partial charge is 0.255 e. The Hall–Kier alpha value is -4.12.